The summed E-state index contributed by atoms with van der Waals surface area (Å²) in [5.41, 5.74) is -4.24. The minimum atomic E-state index is -1.43. The van der Waals surface area contributed by atoms with E-state index in [1.165, 1.54) is 5.06 Å². The topological polar surface area (TPSA) is 199 Å². The van der Waals surface area contributed by atoms with E-state index in [9.17, 15) is 24.4 Å². The highest BCUT2D eigenvalue weighted by Gasteiger charge is 2.51. The number of hydrazine groups is 2. The first-order valence-electron chi connectivity index (χ1n) is 21.7. The smallest absolute Gasteiger partial charge is 0.310 e. The molecule has 0 aromatic rings. The van der Waals surface area contributed by atoms with E-state index in [-0.39, 0.29) is 11.1 Å². The Labute approximate surface area is 354 Å². The first-order valence-corrected chi connectivity index (χ1v) is 21.7. The number of nitrogens with two attached hydrogens (primary N) is 2. The lowest BCUT2D eigenvalue weighted by Crippen LogP contribution is -2.65. The maximum atomic E-state index is 14.7. The summed E-state index contributed by atoms with van der Waals surface area (Å²) in [4.78, 5) is 57.6. The number of hydrogen-bond acceptors (Lipinski definition) is 15. The fraction of sp³-hybridized carbons (Fsp3) is 0.909. The van der Waals surface area contributed by atoms with Crippen molar-refractivity contribution in [2.45, 2.75) is 244 Å². The Morgan fingerprint density at radius 2 is 0.746 bits per heavy atom. The number of esters is 4. The molecule has 2 unspecified atom stereocenters. The van der Waals surface area contributed by atoms with Gasteiger partial charge < -0.3 is 29.5 Å². The molecule has 0 bridgehead atoms. The van der Waals surface area contributed by atoms with Crippen molar-refractivity contribution in [3.63, 3.8) is 0 Å². The molecule has 0 aliphatic carbocycles. The molecule has 6 N–H and O–H groups in total. The van der Waals surface area contributed by atoms with E-state index < -0.39 is 106 Å². The Hall–Kier alpha value is -2.40. The van der Waals surface area contributed by atoms with Crippen LogP contribution in [0.15, 0.2) is 0 Å². The molecule has 4 aliphatic heterocycles. The van der Waals surface area contributed by atoms with Gasteiger partial charge in [0, 0.05) is 95.7 Å². The van der Waals surface area contributed by atoms with Gasteiger partial charge in [-0.05, 0) is 111 Å². The van der Waals surface area contributed by atoms with E-state index >= 15 is 0 Å². The summed E-state index contributed by atoms with van der Waals surface area (Å²) in [6, 6.07) is 0. The summed E-state index contributed by atoms with van der Waals surface area (Å²) in [5.74, 6) is 7.14. The third-order valence-corrected chi connectivity index (χ3v) is 13.3. The van der Waals surface area contributed by atoms with Gasteiger partial charge in [-0.15, -0.1) is 0 Å². The van der Waals surface area contributed by atoms with Crippen LogP contribution in [-0.2, 0) is 38.1 Å². The molecular formula is C44H80N6O9. The van der Waals surface area contributed by atoms with Crippen molar-refractivity contribution in [3.8, 4) is 0 Å². The number of ether oxygens (including phenoxy) is 4. The predicted molar refractivity (Wildman–Crippen MR) is 224 cm³/mol. The van der Waals surface area contributed by atoms with E-state index in [1.807, 2.05) is 111 Å². The van der Waals surface area contributed by atoms with Crippen LogP contribution in [0.1, 0.15) is 175 Å². The highest BCUT2D eigenvalue weighted by atomic mass is 16.6. The molecule has 340 valence electrons. The lowest BCUT2D eigenvalue weighted by Gasteiger charge is -2.52. The molecule has 0 amide bonds. The Balaban J connectivity index is 1.71. The lowest BCUT2D eigenvalue weighted by molar-refractivity contribution is -0.259. The highest BCUT2D eigenvalue weighted by molar-refractivity contribution is 5.88. The number of piperidine rings is 4. The molecule has 0 aromatic carbocycles. The molecule has 4 saturated heterocycles. The van der Waals surface area contributed by atoms with Crippen LogP contribution in [0.4, 0.5) is 0 Å². The molecule has 0 spiro atoms. The van der Waals surface area contributed by atoms with Crippen LogP contribution in [0.3, 0.4) is 0 Å². The lowest BCUT2D eigenvalue weighted by atomic mass is 9.79. The molecule has 2 atom stereocenters. The van der Waals surface area contributed by atoms with Crippen LogP contribution in [0.2, 0.25) is 0 Å². The molecule has 4 aliphatic rings. The van der Waals surface area contributed by atoms with E-state index in [1.54, 1.807) is 10.0 Å². The third kappa shape index (κ3) is 12.0. The maximum absolute atomic E-state index is 14.7. The summed E-state index contributed by atoms with van der Waals surface area (Å²) >= 11 is 0. The second-order valence-electron chi connectivity index (χ2n) is 23.4. The molecule has 4 fully saturated rings. The summed E-state index contributed by atoms with van der Waals surface area (Å²) in [5, 5.41) is 19.3. The molecular weight excluding hydrogens is 757 g/mol. The molecule has 4 rings (SSSR count). The van der Waals surface area contributed by atoms with Crippen molar-refractivity contribution in [2.24, 2.45) is 23.5 Å². The van der Waals surface area contributed by atoms with Crippen LogP contribution < -0.4 is 17.0 Å². The Bertz CT molecular complexity index is 1500. The van der Waals surface area contributed by atoms with Crippen LogP contribution in [0, 0.1) is 11.8 Å². The van der Waals surface area contributed by atoms with Gasteiger partial charge in [0.05, 0.1) is 24.7 Å². The summed E-state index contributed by atoms with van der Waals surface area (Å²) in [6.07, 6.45) is 0.0953. The van der Waals surface area contributed by atoms with Gasteiger partial charge >= 0.3 is 23.9 Å². The van der Waals surface area contributed by atoms with Crippen LogP contribution in [0.25, 0.3) is 0 Å². The summed E-state index contributed by atoms with van der Waals surface area (Å²) in [6.45, 7) is 31.4. The second kappa shape index (κ2) is 16.7. The number of carbonyl (C=O) groups excluding carboxylic acids is 4. The third-order valence-electron chi connectivity index (χ3n) is 13.3. The molecule has 59 heavy (non-hydrogen) atoms. The van der Waals surface area contributed by atoms with Crippen molar-refractivity contribution in [1.29, 1.82) is 0 Å². The Morgan fingerprint density at radius 3 is 1.05 bits per heavy atom. The second-order valence-corrected chi connectivity index (χ2v) is 23.4. The van der Waals surface area contributed by atoms with Gasteiger partial charge in [0.25, 0.3) is 0 Å². The summed E-state index contributed by atoms with van der Waals surface area (Å²) in [7, 11) is 0. The first kappa shape index (κ1) is 49.3. The van der Waals surface area contributed by atoms with Gasteiger partial charge in [-0.3, -0.25) is 30.9 Å². The molecule has 0 aromatic heterocycles. The predicted octanol–water partition coefficient (Wildman–Crippen LogP) is 5.68. The van der Waals surface area contributed by atoms with Crippen molar-refractivity contribution in [3.05, 3.63) is 0 Å². The average molecular weight is 837 g/mol. The molecule has 15 nitrogen and oxygen atoms in total. The van der Waals surface area contributed by atoms with Gasteiger partial charge in [0.15, 0.2) is 0 Å². The summed E-state index contributed by atoms with van der Waals surface area (Å²) < 4.78 is 24.7. The largest absolute Gasteiger partial charge is 0.462 e. The van der Waals surface area contributed by atoms with Gasteiger partial charge in [-0.1, -0.05) is 0 Å². The molecule has 0 saturated carbocycles. The molecule has 15 heteroatoms. The van der Waals surface area contributed by atoms with Crippen molar-refractivity contribution in [2.75, 3.05) is 0 Å². The minimum absolute atomic E-state index is 0.338. The fourth-order valence-electron chi connectivity index (χ4n) is 11.3. The standard InChI is InChI=1S/C44H80N6O9/c1-37(2)19-27(20-38(3,4)47-37)58-35(53)31(17-34(52)57-29-25-43(13,14)50(55)44(15,16)26-29)32(36(54)59-30-23-41(9,10)49(46)42(11,12)24-30)18-33(51)56-28-21-39(5,6)48(45)40(7,8)22-28/h27-32,47,55H,17-26,45-46H2,1-16H3. The first-order chi connectivity index (χ1) is 26.5. The maximum Gasteiger partial charge on any atom is 0.310 e. The SMILES string of the molecule is CC1(C)CC(OC(=O)C(CC(=O)OC2CC(C)(C)N(O)C(C)(C)C2)C(CC(=O)OC2CC(C)(C)N(N)C(C)(C)C2)C(=O)OC2CC(C)(C)N(N)C(C)(C)C2)CC(C)(C)N1. The zero-order valence-corrected chi connectivity index (χ0v) is 39.2. The monoisotopic (exact) mass is 837 g/mol. The Kier molecular flexibility index (Phi) is 13.9. The van der Waals surface area contributed by atoms with Crippen molar-refractivity contribution < 1.29 is 43.3 Å². The van der Waals surface area contributed by atoms with Gasteiger partial charge in [0.2, 0.25) is 0 Å². The number of nitrogens with one attached hydrogen (secondary N) is 1. The number of rotatable bonds is 11. The molecule has 0 radical (unpaired) electrons. The van der Waals surface area contributed by atoms with Crippen molar-refractivity contribution in [1.82, 2.24) is 20.4 Å². The van der Waals surface area contributed by atoms with Crippen LogP contribution >= 0.6 is 0 Å². The van der Waals surface area contributed by atoms with Gasteiger partial charge in [0.1, 0.15) is 24.4 Å². The quantitative estimate of drug-likeness (QED) is 0.113. The molecule has 4 heterocycles. The normalized spacial score (nSPS) is 28.2. The van der Waals surface area contributed by atoms with Crippen molar-refractivity contribution >= 4 is 23.9 Å². The number of carbonyl (C=O) groups is 4. The van der Waals surface area contributed by atoms with Gasteiger partial charge in [-0.2, -0.15) is 5.06 Å². The number of nitrogens with zero attached hydrogens (tertiary/aromatic N) is 3. The zero-order chi connectivity index (χ0) is 45.1. The Morgan fingerprint density at radius 1 is 0.492 bits per heavy atom. The average Bonchev–Trinajstić information content (AvgIpc) is 3.00. The number of hydroxylamine groups is 2. The zero-order valence-electron chi connectivity index (χ0n) is 39.2. The number of hydrogen-bond donors (Lipinski definition) is 4. The van der Waals surface area contributed by atoms with E-state index in [2.05, 4.69) is 5.32 Å². The van der Waals surface area contributed by atoms with E-state index in [0.29, 0.717) is 51.4 Å². The van der Waals surface area contributed by atoms with Crippen LogP contribution in [-0.4, -0.2) is 113 Å². The van der Waals surface area contributed by atoms with E-state index in [0.717, 1.165) is 0 Å². The fourth-order valence-corrected chi connectivity index (χ4v) is 11.3. The van der Waals surface area contributed by atoms with E-state index in [4.69, 9.17) is 30.6 Å². The highest BCUT2D eigenvalue weighted by Crippen LogP contribution is 2.42. The minimum Gasteiger partial charge on any atom is -0.462 e. The van der Waals surface area contributed by atoms with Crippen LogP contribution in [0.5, 0.6) is 0 Å². The van der Waals surface area contributed by atoms with Gasteiger partial charge in [-0.25, -0.2) is 10.0 Å².